The maximum atomic E-state index is 13.3. The summed E-state index contributed by atoms with van der Waals surface area (Å²) in [6.45, 7) is 0.525. The molecule has 164 valence electrons. The lowest BCUT2D eigenvalue weighted by Gasteiger charge is -2.59. The Morgan fingerprint density at radius 1 is 1.09 bits per heavy atom. The summed E-state index contributed by atoms with van der Waals surface area (Å²) in [4.78, 5) is 28.9. The third kappa shape index (κ3) is 3.67. The van der Waals surface area contributed by atoms with E-state index in [1.165, 1.54) is 12.1 Å². The van der Waals surface area contributed by atoms with E-state index in [-0.39, 0.29) is 54.7 Å². The fourth-order valence-corrected chi connectivity index (χ4v) is 5.08. The molecule has 5 nitrogen and oxygen atoms in total. The number of aliphatic hydroxyl groups is 1. The zero-order chi connectivity index (χ0) is 22.2. The zero-order valence-corrected chi connectivity index (χ0v) is 17.7. The molecule has 0 unspecified atom stereocenters. The van der Waals surface area contributed by atoms with Gasteiger partial charge in [-0.25, -0.2) is 4.39 Å². The molecule has 2 heterocycles. The Hall–Kier alpha value is -3.17. The van der Waals surface area contributed by atoms with Crippen molar-refractivity contribution < 1.29 is 19.1 Å². The molecule has 3 aliphatic rings. The van der Waals surface area contributed by atoms with Gasteiger partial charge in [-0.2, -0.15) is 0 Å². The molecule has 2 aromatic carbocycles. The predicted molar refractivity (Wildman–Crippen MR) is 117 cm³/mol. The van der Waals surface area contributed by atoms with E-state index in [2.05, 4.69) is 11.8 Å². The van der Waals surface area contributed by atoms with Crippen molar-refractivity contribution in [3.8, 4) is 11.8 Å². The Labute approximate surface area is 186 Å². The summed E-state index contributed by atoms with van der Waals surface area (Å²) in [5.41, 5.74) is 2.43. The Morgan fingerprint density at radius 2 is 1.84 bits per heavy atom. The number of rotatable bonds is 3. The molecule has 2 aromatic rings. The molecule has 3 atom stereocenters. The summed E-state index contributed by atoms with van der Waals surface area (Å²) < 4.78 is 13.3. The van der Waals surface area contributed by atoms with Crippen molar-refractivity contribution in [3.05, 3.63) is 71.0 Å². The smallest absolute Gasteiger partial charge is 0.242 e. The van der Waals surface area contributed by atoms with Crippen molar-refractivity contribution in [1.82, 2.24) is 9.80 Å². The molecule has 3 fully saturated rings. The number of hydrogen-bond acceptors (Lipinski definition) is 3. The number of carbonyl (C=O) groups excluding carboxylic acids is 2. The maximum Gasteiger partial charge on any atom is 0.242 e. The second kappa shape index (κ2) is 8.40. The number of halogens is 1. The molecule has 1 saturated carbocycles. The number of fused-ring (bicyclic) bond motifs is 1. The van der Waals surface area contributed by atoms with E-state index in [0.29, 0.717) is 12.1 Å². The average molecular weight is 432 g/mol. The normalized spacial score (nSPS) is 24.7. The van der Waals surface area contributed by atoms with Crippen LogP contribution < -0.4 is 0 Å². The van der Waals surface area contributed by atoms with Gasteiger partial charge in [0.1, 0.15) is 5.82 Å². The van der Waals surface area contributed by atoms with Crippen LogP contribution in [-0.4, -0.2) is 58.5 Å². The van der Waals surface area contributed by atoms with Crippen LogP contribution in [0.1, 0.15) is 41.9 Å². The monoisotopic (exact) mass is 432 g/mol. The van der Waals surface area contributed by atoms with Crippen LogP contribution in [0.4, 0.5) is 4.39 Å². The molecule has 5 rings (SSSR count). The first kappa shape index (κ1) is 20.7. The standard InChI is InChI=1S/C26H25FN2O3/c27-21-6-1-3-18(13-21)8-7-17-9-11-19(12-10-17)25-22-14-28(26(32)20-4-2-5-20)15-24(31)29(22)23(25)16-30/h1,3,6,9-13,20,22-23,25,30H,2,4-5,14-16H2/t22-,23+,25+/m1/s1. The first-order chi connectivity index (χ1) is 15.5. The zero-order valence-electron chi connectivity index (χ0n) is 17.7. The molecule has 2 aliphatic heterocycles. The first-order valence-corrected chi connectivity index (χ1v) is 11.1. The lowest BCUT2D eigenvalue weighted by atomic mass is 9.73. The highest BCUT2D eigenvalue weighted by Crippen LogP contribution is 2.43. The van der Waals surface area contributed by atoms with Crippen LogP contribution in [0.15, 0.2) is 48.5 Å². The number of carbonyl (C=O) groups is 2. The second-order valence-corrected chi connectivity index (χ2v) is 8.87. The number of benzene rings is 2. The van der Waals surface area contributed by atoms with Gasteiger partial charge in [-0.1, -0.05) is 36.5 Å². The molecule has 2 saturated heterocycles. The minimum absolute atomic E-state index is 0.0221. The van der Waals surface area contributed by atoms with Crippen LogP contribution in [0.3, 0.4) is 0 Å². The number of nitrogens with zero attached hydrogens (tertiary/aromatic N) is 2. The predicted octanol–water partition coefficient (Wildman–Crippen LogP) is 2.52. The van der Waals surface area contributed by atoms with Gasteiger partial charge in [0, 0.05) is 29.5 Å². The number of hydrogen-bond donors (Lipinski definition) is 1. The first-order valence-electron chi connectivity index (χ1n) is 11.1. The number of amides is 2. The van der Waals surface area contributed by atoms with Gasteiger partial charge in [0.15, 0.2) is 0 Å². The van der Waals surface area contributed by atoms with Gasteiger partial charge in [-0.3, -0.25) is 9.59 Å². The number of piperazine rings is 1. The molecule has 2 amide bonds. The number of aliphatic hydroxyl groups excluding tert-OH is 1. The molecule has 0 spiro atoms. The van der Waals surface area contributed by atoms with Crippen molar-refractivity contribution in [2.75, 3.05) is 19.7 Å². The average Bonchev–Trinajstić information content (AvgIpc) is 2.73. The lowest BCUT2D eigenvalue weighted by molar-refractivity contribution is -0.169. The fourth-order valence-electron chi connectivity index (χ4n) is 5.08. The molecule has 0 bridgehead atoms. The van der Waals surface area contributed by atoms with E-state index >= 15 is 0 Å². The lowest BCUT2D eigenvalue weighted by Crippen LogP contribution is -2.73. The molecule has 1 aliphatic carbocycles. The van der Waals surface area contributed by atoms with E-state index in [4.69, 9.17) is 0 Å². The highest BCUT2D eigenvalue weighted by atomic mass is 19.1. The van der Waals surface area contributed by atoms with Gasteiger partial charge < -0.3 is 14.9 Å². The maximum absolute atomic E-state index is 13.3. The SMILES string of the molecule is O=C(C1CCC1)N1CC(=O)N2[C@H](C1)[C@H](c1ccc(C#Cc3cccc(F)c3)cc1)[C@@H]2CO. The van der Waals surface area contributed by atoms with E-state index in [0.717, 1.165) is 30.4 Å². The Morgan fingerprint density at radius 3 is 2.50 bits per heavy atom. The third-order valence-corrected chi connectivity index (χ3v) is 6.99. The summed E-state index contributed by atoms with van der Waals surface area (Å²) >= 11 is 0. The summed E-state index contributed by atoms with van der Waals surface area (Å²) in [6, 6.07) is 13.5. The Balaban J connectivity index is 1.33. The largest absolute Gasteiger partial charge is 0.394 e. The Kier molecular flexibility index (Phi) is 5.44. The molecule has 1 N–H and O–H groups in total. The van der Waals surface area contributed by atoms with Gasteiger partial charge in [0.25, 0.3) is 0 Å². The van der Waals surface area contributed by atoms with Gasteiger partial charge in [-0.05, 0) is 48.7 Å². The van der Waals surface area contributed by atoms with Crippen LogP contribution in [-0.2, 0) is 9.59 Å². The molecule has 0 aromatic heterocycles. The summed E-state index contributed by atoms with van der Waals surface area (Å²) in [5.74, 6) is 5.75. The summed E-state index contributed by atoms with van der Waals surface area (Å²) in [7, 11) is 0. The van der Waals surface area contributed by atoms with E-state index in [9.17, 15) is 19.1 Å². The van der Waals surface area contributed by atoms with Crippen molar-refractivity contribution in [1.29, 1.82) is 0 Å². The van der Waals surface area contributed by atoms with E-state index in [1.807, 2.05) is 24.3 Å². The second-order valence-electron chi connectivity index (χ2n) is 8.87. The van der Waals surface area contributed by atoms with Crippen molar-refractivity contribution in [2.24, 2.45) is 5.92 Å². The van der Waals surface area contributed by atoms with Crippen molar-refractivity contribution >= 4 is 11.8 Å². The quantitative estimate of drug-likeness (QED) is 0.759. The summed E-state index contributed by atoms with van der Waals surface area (Å²) in [6.07, 6.45) is 2.91. The van der Waals surface area contributed by atoms with Gasteiger partial charge in [-0.15, -0.1) is 0 Å². The molecule has 6 heteroatoms. The van der Waals surface area contributed by atoms with Gasteiger partial charge >= 0.3 is 0 Å². The van der Waals surface area contributed by atoms with E-state index < -0.39 is 0 Å². The molecular formula is C26H25FN2O3. The van der Waals surface area contributed by atoms with Crippen LogP contribution in [0.2, 0.25) is 0 Å². The van der Waals surface area contributed by atoms with E-state index in [1.54, 1.807) is 21.9 Å². The minimum Gasteiger partial charge on any atom is -0.394 e. The van der Waals surface area contributed by atoms with Crippen molar-refractivity contribution in [3.63, 3.8) is 0 Å². The van der Waals surface area contributed by atoms with Crippen LogP contribution in [0.25, 0.3) is 0 Å². The summed E-state index contributed by atoms with van der Waals surface area (Å²) in [5, 5.41) is 9.94. The van der Waals surface area contributed by atoms with Crippen LogP contribution in [0, 0.1) is 23.6 Å². The highest BCUT2D eigenvalue weighted by molar-refractivity contribution is 5.89. The fraction of sp³-hybridized carbons (Fsp3) is 0.385. The third-order valence-electron chi connectivity index (χ3n) is 6.99. The minimum atomic E-state index is -0.316. The Bertz CT molecular complexity index is 1100. The highest BCUT2D eigenvalue weighted by Gasteiger charge is 2.54. The molecular weight excluding hydrogens is 407 g/mol. The molecule has 0 radical (unpaired) electrons. The van der Waals surface area contributed by atoms with Crippen LogP contribution in [0.5, 0.6) is 0 Å². The van der Waals surface area contributed by atoms with Gasteiger partial charge in [0.2, 0.25) is 11.8 Å². The van der Waals surface area contributed by atoms with Gasteiger partial charge in [0.05, 0.1) is 25.2 Å². The van der Waals surface area contributed by atoms with Crippen molar-refractivity contribution in [2.45, 2.75) is 37.3 Å². The topological polar surface area (TPSA) is 60.9 Å². The molecule has 32 heavy (non-hydrogen) atoms. The van der Waals surface area contributed by atoms with Crippen LogP contribution >= 0.6 is 0 Å².